The van der Waals surface area contributed by atoms with Crippen molar-refractivity contribution in [2.45, 2.75) is 50.2 Å². The fourth-order valence-corrected chi connectivity index (χ4v) is 5.49. The molecule has 2 heterocycles. The molecule has 0 spiro atoms. The summed E-state index contributed by atoms with van der Waals surface area (Å²) < 4.78 is 14.8. The third-order valence-corrected chi connectivity index (χ3v) is 7.89. The van der Waals surface area contributed by atoms with Gasteiger partial charge in [0.1, 0.15) is 6.33 Å². The molecule has 202 valence electrons. The molecule has 3 atom stereocenters. The van der Waals surface area contributed by atoms with Crippen molar-refractivity contribution in [3.63, 3.8) is 0 Å². The fourth-order valence-electron chi connectivity index (χ4n) is 4.59. The second-order valence-electron chi connectivity index (χ2n) is 9.57. The maximum absolute atomic E-state index is 11.4. The van der Waals surface area contributed by atoms with Crippen molar-refractivity contribution < 1.29 is 19.4 Å². The first-order valence-corrected chi connectivity index (χ1v) is 13.9. The highest BCUT2D eigenvalue weighted by molar-refractivity contribution is 7.99. The molecule has 8 nitrogen and oxygen atoms in total. The van der Waals surface area contributed by atoms with Gasteiger partial charge < -0.3 is 24.5 Å². The number of nitrogens with one attached hydrogen (secondary N) is 1. The standard InChI is InChI=1S/C30H32N4O4S/c1-20(36)31-16-25-5-3-4-6-27(25)22-11-13-24(14-12-22)29-37-26(18-39-30-33-32-19-34(30)2)15-28(38-29)23-9-7-21(17-35)8-10-23/h3-14,19,26,28-29,35H,15-18H2,1-2H3,(H,31,36)/t26-,28+,29+/m1/s1. The normalized spacial score (nSPS) is 19.1. The highest BCUT2D eigenvalue weighted by Crippen LogP contribution is 2.39. The van der Waals surface area contributed by atoms with Gasteiger partial charge in [-0.05, 0) is 27.8 Å². The van der Waals surface area contributed by atoms with Crippen LogP contribution in [-0.4, -0.2) is 37.6 Å². The maximum atomic E-state index is 11.4. The summed E-state index contributed by atoms with van der Waals surface area (Å²) in [6, 6.07) is 24.2. The lowest BCUT2D eigenvalue weighted by atomic mass is 9.98. The SMILES string of the molecule is CC(=O)NCc1ccccc1-c1ccc([C@H]2O[C@@H](CSc3nncn3C)C[C@@H](c3ccc(CO)cc3)O2)cc1. The molecule has 1 aromatic heterocycles. The van der Waals surface area contributed by atoms with Crippen LogP contribution in [0.1, 0.15) is 48.0 Å². The number of aryl methyl sites for hydroxylation is 1. The number of hydrogen-bond acceptors (Lipinski definition) is 7. The minimum Gasteiger partial charge on any atom is -0.392 e. The molecule has 1 aliphatic rings. The zero-order chi connectivity index (χ0) is 27.2. The molecular formula is C30H32N4O4S. The van der Waals surface area contributed by atoms with E-state index < -0.39 is 6.29 Å². The maximum Gasteiger partial charge on any atom is 0.217 e. The van der Waals surface area contributed by atoms with Crippen LogP contribution in [0.5, 0.6) is 0 Å². The smallest absolute Gasteiger partial charge is 0.217 e. The molecule has 0 unspecified atom stereocenters. The molecule has 3 aromatic carbocycles. The van der Waals surface area contributed by atoms with E-state index in [0.717, 1.165) is 38.5 Å². The number of aliphatic hydroxyl groups excluding tert-OH is 1. The Labute approximate surface area is 232 Å². The number of ether oxygens (including phenoxy) is 2. The Morgan fingerprint density at radius 2 is 1.79 bits per heavy atom. The molecule has 0 bridgehead atoms. The van der Waals surface area contributed by atoms with Crippen LogP contribution in [0.15, 0.2) is 84.3 Å². The number of carbonyl (C=O) groups is 1. The van der Waals surface area contributed by atoms with E-state index >= 15 is 0 Å². The third-order valence-electron chi connectivity index (χ3n) is 6.72. The molecule has 1 fully saturated rings. The van der Waals surface area contributed by atoms with Crippen LogP contribution in [-0.2, 0) is 34.5 Å². The summed E-state index contributed by atoms with van der Waals surface area (Å²) in [6.45, 7) is 2.01. The molecule has 0 saturated carbocycles. The summed E-state index contributed by atoms with van der Waals surface area (Å²) in [5.41, 5.74) is 6.04. The van der Waals surface area contributed by atoms with Crippen LogP contribution in [0, 0.1) is 0 Å². The average Bonchev–Trinajstić information content (AvgIpc) is 3.39. The van der Waals surface area contributed by atoms with Gasteiger partial charge in [-0.2, -0.15) is 0 Å². The van der Waals surface area contributed by atoms with Crippen molar-refractivity contribution >= 4 is 17.7 Å². The lowest BCUT2D eigenvalue weighted by molar-refractivity contribution is -0.245. The van der Waals surface area contributed by atoms with Crippen LogP contribution in [0.3, 0.4) is 0 Å². The first-order valence-electron chi connectivity index (χ1n) is 12.9. The number of rotatable bonds is 9. The number of aromatic nitrogens is 3. The number of benzene rings is 3. The Morgan fingerprint density at radius 3 is 2.49 bits per heavy atom. The number of thioether (sulfide) groups is 1. The van der Waals surface area contributed by atoms with E-state index in [1.807, 2.05) is 66.2 Å². The lowest BCUT2D eigenvalue weighted by Gasteiger charge is -2.36. The van der Waals surface area contributed by atoms with Crippen molar-refractivity contribution in [1.82, 2.24) is 20.1 Å². The van der Waals surface area contributed by atoms with Crippen LogP contribution < -0.4 is 5.32 Å². The molecule has 1 aliphatic heterocycles. The first kappa shape index (κ1) is 27.1. The van der Waals surface area contributed by atoms with E-state index in [0.29, 0.717) is 18.7 Å². The van der Waals surface area contributed by atoms with Crippen molar-refractivity contribution in [2.75, 3.05) is 5.75 Å². The van der Waals surface area contributed by atoms with Crippen LogP contribution >= 0.6 is 11.8 Å². The van der Waals surface area contributed by atoms with E-state index in [2.05, 4.69) is 33.7 Å². The van der Waals surface area contributed by atoms with Gasteiger partial charge in [0.05, 0.1) is 18.8 Å². The number of aliphatic hydroxyl groups is 1. The van der Waals surface area contributed by atoms with Crippen molar-refractivity contribution in [1.29, 1.82) is 0 Å². The van der Waals surface area contributed by atoms with Gasteiger partial charge in [0.2, 0.25) is 5.91 Å². The Hall–Kier alpha value is -3.50. The number of nitrogens with zero attached hydrogens (tertiary/aromatic N) is 3. The molecular weight excluding hydrogens is 512 g/mol. The Morgan fingerprint density at radius 1 is 1.05 bits per heavy atom. The van der Waals surface area contributed by atoms with E-state index in [1.54, 1.807) is 18.1 Å². The predicted molar refractivity (Wildman–Crippen MR) is 150 cm³/mol. The third kappa shape index (κ3) is 6.75. The minimum absolute atomic E-state index is 0.00873. The van der Waals surface area contributed by atoms with E-state index in [-0.39, 0.29) is 24.7 Å². The average molecular weight is 545 g/mol. The summed E-state index contributed by atoms with van der Waals surface area (Å²) in [5, 5.41) is 21.3. The summed E-state index contributed by atoms with van der Waals surface area (Å²) in [7, 11) is 1.93. The van der Waals surface area contributed by atoms with Gasteiger partial charge in [0.15, 0.2) is 11.4 Å². The molecule has 2 N–H and O–H groups in total. The lowest BCUT2D eigenvalue weighted by Crippen LogP contribution is -2.31. The van der Waals surface area contributed by atoms with Crippen LogP contribution in [0.4, 0.5) is 0 Å². The second-order valence-corrected chi connectivity index (χ2v) is 10.6. The number of carbonyl (C=O) groups excluding carboxylic acids is 1. The zero-order valence-electron chi connectivity index (χ0n) is 22.0. The Balaban J connectivity index is 1.36. The molecule has 39 heavy (non-hydrogen) atoms. The summed E-state index contributed by atoms with van der Waals surface area (Å²) in [4.78, 5) is 11.4. The van der Waals surface area contributed by atoms with Crippen molar-refractivity contribution in [2.24, 2.45) is 7.05 Å². The van der Waals surface area contributed by atoms with Gasteiger partial charge in [0.25, 0.3) is 0 Å². The summed E-state index contributed by atoms with van der Waals surface area (Å²) in [6.07, 6.45) is 1.65. The quantitative estimate of drug-likeness (QED) is 0.288. The van der Waals surface area contributed by atoms with Gasteiger partial charge in [-0.25, -0.2) is 0 Å². The topological polar surface area (TPSA) is 98.5 Å². The number of amides is 1. The second kappa shape index (κ2) is 12.6. The molecule has 9 heteroatoms. The largest absolute Gasteiger partial charge is 0.392 e. The fraction of sp³-hybridized carbons (Fsp3) is 0.300. The van der Waals surface area contributed by atoms with Crippen LogP contribution in [0.2, 0.25) is 0 Å². The zero-order valence-corrected chi connectivity index (χ0v) is 22.8. The molecule has 1 saturated heterocycles. The monoisotopic (exact) mass is 544 g/mol. The highest BCUT2D eigenvalue weighted by Gasteiger charge is 2.32. The van der Waals surface area contributed by atoms with Gasteiger partial charge in [0, 0.05) is 38.3 Å². The minimum atomic E-state index is -0.532. The Kier molecular flexibility index (Phi) is 8.73. The molecule has 0 radical (unpaired) electrons. The van der Waals surface area contributed by atoms with Gasteiger partial charge in [-0.3, -0.25) is 4.79 Å². The summed E-state index contributed by atoms with van der Waals surface area (Å²) in [5.74, 6) is 0.658. The van der Waals surface area contributed by atoms with E-state index in [4.69, 9.17) is 9.47 Å². The molecule has 4 aromatic rings. The van der Waals surface area contributed by atoms with E-state index in [1.165, 1.54) is 6.92 Å². The summed E-state index contributed by atoms with van der Waals surface area (Å²) >= 11 is 1.61. The highest BCUT2D eigenvalue weighted by atomic mass is 32.2. The van der Waals surface area contributed by atoms with Crippen molar-refractivity contribution in [3.8, 4) is 11.1 Å². The van der Waals surface area contributed by atoms with E-state index in [9.17, 15) is 9.90 Å². The van der Waals surface area contributed by atoms with Crippen molar-refractivity contribution in [3.05, 3.63) is 101 Å². The van der Waals surface area contributed by atoms with Gasteiger partial charge in [-0.1, -0.05) is 84.6 Å². The Bertz CT molecular complexity index is 1390. The molecule has 1 amide bonds. The van der Waals surface area contributed by atoms with Crippen LogP contribution in [0.25, 0.3) is 11.1 Å². The van der Waals surface area contributed by atoms with Gasteiger partial charge >= 0.3 is 0 Å². The number of hydrogen-bond donors (Lipinski definition) is 2. The van der Waals surface area contributed by atoms with Gasteiger partial charge in [-0.15, -0.1) is 10.2 Å². The molecule has 0 aliphatic carbocycles. The molecule has 5 rings (SSSR count). The predicted octanol–water partition coefficient (Wildman–Crippen LogP) is 4.95. The first-order chi connectivity index (χ1) is 19.0.